The third-order valence-corrected chi connectivity index (χ3v) is 2.60. The summed E-state index contributed by atoms with van der Waals surface area (Å²) in [5.41, 5.74) is 1.29. The van der Waals surface area contributed by atoms with E-state index in [1.54, 1.807) is 30.3 Å². The average Bonchev–Trinajstić information content (AvgIpc) is 2.44. The van der Waals surface area contributed by atoms with Crippen LogP contribution >= 0.6 is 0 Å². The summed E-state index contributed by atoms with van der Waals surface area (Å²) in [5, 5.41) is 12.3. The fourth-order valence-electron chi connectivity index (χ4n) is 1.65. The molecule has 2 aromatic rings. The molecule has 2 rings (SSSR count). The number of fused-ring (bicyclic) bond motifs is 1. The van der Waals surface area contributed by atoms with Crippen LogP contribution in [0.1, 0.15) is 19.4 Å². The van der Waals surface area contributed by atoms with Gasteiger partial charge in [-0.1, -0.05) is 13.8 Å². The number of amides is 1. The van der Waals surface area contributed by atoms with Crippen LogP contribution in [0.3, 0.4) is 0 Å². The van der Waals surface area contributed by atoms with Gasteiger partial charge in [-0.05, 0) is 36.2 Å². The first-order chi connectivity index (χ1) is 9.58. The topological polar surface area (TPSA) is 75.0 Å². The zero-order valence-electron chi connectivity index (χ0n) is 11.4. The maximum Gasteiger partial charge on any atom is 0.412 e. The van der Waals surface area contributed by atoms with E-state index in [9.17, 15) is 4.79 Å². The Labute approximate surface area is 117 Å². The summed E-state index contributed by atoms with van der Waals surface area (Å²) in [6.07, 6.45) is -0.515. The first-order valence-corrected chi connectivity index (χ1v) is 6.33. The van der Waals surface area contributed by atoms with Crippen LogP contribution in [0.2, 0.25) is 0 Å². The predicted molar refractivity (Wildman–Crippen MR) is 76.3 cm³/mol. The molecule has 1 amide bonds. The molecule has 1 N–H and O–H groups in total. The number of carbonyl (C=O) groups excluding carboxylic acids is 1. The smallest absolute Gasteiger partial charge is 0.412 e. The second kappa shape index (κ2) is 6.02. The fraction of sp³-hybridized carbons (Fsp3) is 0.267. The van der Waals surface area contributed by atoms with Crippen molar-refractivity contribution in [1.29, 1.82) is 5.26 Å². The Morgan fingerprint density at radius 3 is 2.90 bits per heavy atom. The third-order valence-electron chi connectivity index (χ3n) is 2.60. The normalized spacial score (nSPS) is 10.3. The molecule has 5 nitrogen and oxygen atoms in total. The number of hydrogen-bond donors (Lipinski definition) is 1. The molecule has 0 fully saturated rings. The van der Waals surface area contributed by atoms with Gasteiger partial charge >= 0.3 is 6.09 Å². The minimum Gasteiger partial charge on any atom is -0.449 e. The lowest BCUT2D eigenvalue weighted by Crippen LogP contribution is -2.17. The van der Waals surface area contributed by atoms with Gasteiger partial charge in [-0.15, -0.1) is 0 Å². The number of pyridine rings is 1. The maximum atomic E-state index is 11.5. The number of nitrogens with zero attached hydrogens (tertiary/aromatic N) is 2. The van der Waals surface area contributed by atoms with E-state index >= 15 is 0 Å². The Hall–Kier alpha value is -2.61. The average molecular weight is 269 g/mol. The Bertz CT molecular complexity index is 674. The van der Waals surface area contributed by atoms with Gasteiger partial charge in [0.15, 0.2) is 0 Å². The lowest BCUT2D eigenvalue weighted by Gasteiger charge is -2.08. The van der Waals surface area contributed by atoms with E-state index in [1.165, 1.54) is 0 Å². The second-order valence-corrected chi connectivity index (χ2v) is 4.83. The van der Waals surface area contributed by atoms with Crippen molar-refractivity contribution < 1.29 is 9.53 Å². The minimum absolute atomic E-state index is 0.287. The number of nitrogens with one attached hydrogen (secondary N) is 1. The van der Waals surface area contributed by atoms with Crippen molar-refractivity contribution in [3.8, 4) is 6.07 Å². The van der Waals surface area contributed by atoms with Crippen LogP contribution < -0.4 is 5.32 Å². The van der Waals surface area contributed by atoms with Gasteiger partial charge in [-0.3, -0.25) is 5.32 Å². The summed E-state index contributed by atoms with van der Waals surface area (Å²) in [6.45, 7) is 4.30. The van der Waals surface area contributed by atoms with Crippen LogP contribution in [0.4, 0.5) is 10.6 Å². The lowest BCUT2D eigenvalue weighted by atomic mass is 10.1. The molecule has 0 atom stereocenters. The number of aromatic nitrogens is 1. The van der Waals surface area contributed by atoms with Gasteiger partial charge < -0.3 is 4.74 Å². The number of ether oxygens (including phenoxy) is 1. The molecule has 0 unspecified atom stereocenters. The van der Waals surface area contributed by atoms with Crippen LogP contribution in [-0.2, 0) is 4.74 Å². The molecule has 0 aliphatic heterocycles. The Morgan fingerprint density at radius 2 is 2.20 bits per heavy atom. The molecular weight excluding hydrogens is 254 g/mol. The van der Waals surface area contributed by atoms with E-state index in [2.05, 4.69) is 16.4 Å². The van der Waals surface area contributed by atoms with Gasteiger partial charge in [0, 0.05) is 5.39 Å². The summed E-state index contributed by atoms with van der Waals surface area (Å²) in [4.78, 5) is 15.8. The molecule has 0 bridgehead atoms. The molecule has 0 aliphatic carbocycles. The SMILES string of the molecule is CC(C)COC(=O)Nc1ccc2cc(C#N)ccc2n1. The number of benzene rings is 1. The summed E-state index contributed by atoms with van der Waals surface area (Å²) < 4.78 is 5.02. The zero-order valence-corrected chi connectivity index (χ0v) is 11.4. The first kappa shape index (κ1) is 13.8. The quantitative estimate of drug-likeness (QED) is 0.927. The minimum atomic E-state index is -0.515. The molecule has 1 aromatic carbocycles. The van der Waals surface area contributed by atoms with Crippen LogP contribution in [0, 0.1) is 17.2 Å². The van der Waals surface area contributed by atoms with Gasteiger partial charge in [0.05, 0.1) is 23.8 Å². The maximum absolute atomic E-state index is 11.5. The van der Waals surface area contributed by atoms with Crippen LogP contribution in [0.15, 0.2) is 30.3 Å². The monoisotopic (exact) mass is 269 g/mol. The third kappa shape index (κ3) is 3.45. The largest absolute Gasteiger partial charge is 0.449 e. The molecule has 0 saturated carbocycles. The molecular formula is C15H15N3O2. The zero-order chi connectivity index (χ0) is 14.5. The van der Waals surface area contributed by atoms with E-state index in [-0.39, 0.29) is 5.92 Å². The van der Waals surface area contributed by atoms with Crippen molar-refractivity contribution in [3.63, 3.8) is 0 Å². The highest BCUT2D eigenvalue weighted by Gasteiger charge is 2.06. The van der Waals surface area contributed by atoms with E-state index in [4.69, 9.17) is 10.00 Å². The van der Waals surface area contributed by atoms with E-state index in [1.807, 2.05) is 13.8 Å². The summed E-state index contributed by atoms with van der Waals surface area (Å²) in [5.74, 6) is 0.714. The predicted octanol–water partition coefficient (Wildman–Crippen LogP) is 3.31. The standard InChI is InChI=1S/C15H15N3O2/c1-10(2)9-20-15(19)18-14-6-4-12-7-11(8-16)3-5-13(12)17-14/h3-7,10H,9H2,1-2H3,(H,17,18,19). The van der Waals surface area contributed by atoms with Gasteiger partial charge in [0.2, 0.25) is 0 Å². The number of nitriles is 1. The van der Waals surface area contributed by atoms with Crippen molar-refractivity contribution in [3.05, 3.63) is 35.9 Å². The molecule has 5 heteroatoms. The summed E-state index contributed by atoms with van der Waals surface area (Å²) in [6, 6.07) is 10.8. The molecule has 0 spiro atoms. The molecule has 1 aromatic heterocycles. The number of anilines is 1. The molecule has 0 saturated heterocycles. The fourth-order valence-corrected chi connectivity index (χ4v) is 1.65. The van der Waals surface area contributed by atoms with Gasteiger partial charge in [-0.25, -0.2) is 9.78 Å². The number of rotatable bonds is 3. The van der Waals surface area contributed by atoms with Crippen molar-refractivity contribution in [2.75, 3.05) is 11.9 Å². The van der Waals surface area contributed by atoms with Crippen LogP contribution in [0.25, 0.3) is 10.9 Å². The van der Waals surface area contributed by atoms with Crippen molar-refractivity contribution in [1.82, 2.24) is 4.98 Å². The number of hydrogen-bond acceptors (Lipinski definition) is 4. The molecule has 0 aliphatic rings. The van der Waals surface area contributed by atoms with Crippen LogP contribution in [0.5, 0.6) is 0 Å². The van der Waals surface area contributed by atoms with Gasteiger partial charge in [0.1, 0.15) is 5.82 Å². The second-order valence-electron chi connectivity index (χ2n) is 4.83. The Morgan fingerprint density at radius 1 is 1.40 bits per heavy atom. The summed E-state index contributed by atoms with van der Waals surface area (Å²) >= 11 is 0. The molecule has 1 heterocycles. The highest BCUT2D eigenvalue weighted by molar-refractivity contribution is 5.87. The van der Waals surface area contributed by atoms with Crippen molar-refractivity contribution >= 4 is 22.8 Å². The van der Waals surface area contributed by atoms with E-state index in [0.29, 0.717) is 23.5 Å². The number of carbonyl (C=O) groups is 1. The highest BCUT2D eigenvalue weighted by atomic mass is 16.5. The van der Waals surface area contributed by atoms with Crippen LogP contribution in [-0.4, -0.2) is 17.7 Å². The van der Waals surface area contributed by atoms with Gasteiger partial charge in [0.25, 0.3) is 0 Å². The Kier molecular flexibility index (Phi) is 4.16. The van der Waals surface area contributed by atoms with E-state index < -0.39 is 6.09 Å². The van der Waals surface area contributed by atoms with Crippen molar-refractivity contribution in [2.45, 2.75) is 13.8 Å². The highest BCUT2D eigenvalue weighted by Crippen LogP contribution is 2.16. The van der Waals surface area contributed by atoms with Gasteiger partial charge in [-0.2, -0.15) is 5.26 Å². The van der Waals surface area contributed by atoms with Crippen molar-refractivity contribution in [2.24, 2.45) is 5.92 Å². The molecule has 102 valence electrons. The molecule has 0 radical (unpaired) electrons. The van der Waals surface area contributed by atoms with E-state index in [0.717, 1.165) is 5.39 Å². The summed E-state index contributed by atoms with van der Waals surface area (Å²) in [7, 11) is 0. The molecule has 20 heavy (non-hydrogen) atoms. The first-order valence-electron chi connectivity index (χ1n) is 6.33. The Balaban J connectivity index is 2.12. The lowest BCUT2D eigenvalue weighted by molar-refractivity contribution is 0.147.